The number of benzene rings is 1. The van der Waals surface area contributed by atoms with Gasteiger partial charge in [0.25, 0.3) is 0 Å². The summed E-state index contributed by atoms with van der Waals surface area (Å²) < 4.78 is 5.31. The second-order valence-corrected chi connectivity index (χ2v) is 10.3. The van der Waals surface area contributed by atoms with E-state index in [1.165, 1.54) is 39.0 Å². The van der Waals surface area contributed by atoms with E-state index in [2.05, 4.69) is 62.3 Å². The van der Waals surface area contributed by atoms with Crippen LogP contribution >= 0.6 is 0 Å². The molecule has 2 aliphatic heterocycles. The number of likely N-dealkylation sites (N-methyl/N-ethyl adjacent to an activating group) is 1. The molecule has 0 unspecified atom stereocenters. The number of aromatic amines is 1. The average molecular weight is 498 g/mol. The highest BCUT2D eigenvalue weighted by Gasteiger charge is 2.27. The SMILES string of the molecule is COCc1cccc(-c2n[nH]cc2-c2ccc3ncc(N4CCC(N5CCN(C)CC5)CC4)cc3n2)c1. The van der Waals surface area contributed by atoms with Gasteiger partial charge in [-0.1, -0.05) is 18.2 Å². The number of H-pyrrole nitrogens is 1. The Labute approximate surface area is 218 Å². The first-order valence-electron chi connectivity index (χ1n) is 13.2. The van der Waals surface area contributed by atoms with E-state index in [0.29, 0.717) is 12.6 Å². The molecule has 2 saturated heterocycles. The van der Waals surface area contributed by atoms with Gasteiger partial charge >= 0.3 is 0 Å². The fourth-order valence-electron chi connectivity index (χ4n) is 5.68. The van der Waals surface area contributed by atoms with Gasteiger partial charge in [0.15, 0.2) is 0 Å². The minimum atomic E-state index is 0.572. The lowest BCUT2D eigenvalue weighted by Crippen LogP contribution is -2.52. The summed E-state index contributed by atoms with van der Waals surface area (Å²) in [6, 6.07) is 15.3. The van der Waals surface area contributed by atoms with Gasteiger partial charge in [-0.05, 0) is 49.7 Å². The minimum Gasteiger partial charge on any atom is -0.380 e. The summed E-state index contributed by atoms with van der Waals surface area (Å²) in [6.45, 7) is 7.44. The zero-order chi connectivity index (χ0) is 25.2. The quantitative estimate of drug-likeness (QED) is 0.431. The van der Waals surface area contributed by atoms with Gasteiger partial charge in [0.1, 0.15) is 5.69 Å². The molecule has 2 aliphatic rings. The Morgan fingerprint density at radius 1 is 0.973 bits per heavy atom. The molecule has 0 amide bonds. The maximum absolute atomic E-state index is 5.31. The Bertz CT molecular complexity index is 1350. The highest BCUT2D eigenvalue weighted by Crippen LogP contribution is 2.31. The molecule has 3 aromatic heterocycles. The standard InChI is InChI=1S/C29H35N7O/c1-34-12-14-36(15-13-34)23-8-10-35(11-9-23)24-17-28-27(30-18-24)7-6-26(32-28)25-19-31-33-29(25)22-5-3-4-21(16-22)20-37-2/h3-7,16-19,23H,8-15,20H2,1-2H3,(H,31,33). The van der Waals surface area contributed by atoms with E-state index in [9.17, 15) is 0 Å². The molecule has 0 spiro atoms. The molecule has 0 atom stereocenters. The van der Waals surface area contributed by atoms with Crippen LogP contribution in [0.25, 0.3) is 33.5 Å². The first-order valence-corrected chi connectivity index (χ1v) is 13.2. The number of hydrogen-bond donors (Lipinski definition) is 1. The lowest BCUT2D eigenvalue weighted by atomic mass is 10.0. The third-order valence-corrected chi connectivity index (χ3v) is 7.83. The van der Waals surface area contributed by atoms with Crippen molar-refractivity contribution in [3.8, 4) is 22.5 Å². The molecule has 0 saturated carbocycles. The highest BCUT2D eigenvalue weighted by atomic mass is 16.5. The molecular formula is C29H35N7O. The summed E-state index contributed by atoms with van der Waals surface area (Å²) in [5, 5.41) is 7.59. The molecule has 8 nitrogen and oxygen atoms in total. The van der Waals surface area contributed by atoms with Gasteiger partial charge in [0.05, 0.1) is 35.2 Å². The lowest BCUT2D eigenvalue weighted by Gasteiger charge is -2.42. The summed E-state index contributed by atoms with van der Waals surface area (Å²) in [6.07, 6.45) is 6.34. The number of pyridine rings is 2. The van der Waals surface area contributed by atoms with Crippen LogP contribution in [0.15, 0.2) is 54.9 Å². The zero-order valence-corrected chi connectivity index (χ0v) is 21.7. The Balaban J connectivity index is 1.21. The molecule has 1 N–H and O–H groups in total. The van der Waals surface area contributed by atoms with Gasteiger partial charge in [-0.15, -0.1) is 0 Å². The van der Waals surface area contributed by atoms with Gasteiger partial charge in [0.2, 0.25) is 0 Å². The minimum absolute atomic E-state index is 0.572. The Morgan fingerprint density at radius 2 is 1.81 bits per heavy atom. The largest absolute Gasteiger partial charge is 0.380 e. The number of nitrogens with one attached hydrogen (secondary N) is 1. The van der Waals surface area contributed by atoms with Crippen molar-refractivity contribution in [1.29, 1.82) is 0 Å². The number of piperazine rings is 1. The number of ether oxygens (including phenoxy) is 1. The van der Waals surface area contributed by atoms with Crippen LogP contribution < -0.4 is 4.90 Å². The van der Waals surface area contributed by atoms with E-state index < -0.39 is 0 Å². The maximum Gasteiger partial charge on any atom is 0.101 e. The van der Waals surface area contributed by atoms with Crippen LogP contribution in [-0.2, 0) is 11.3 Å². The Morgan fingerprint density at radius 3 is 2.62 bits per heavy atom. The molecule has 37 heavy (non-hydrogen) atoms. The molecule has 0 radical (unpaired) electrons. The van der Waals surface area contributed by atoms with E-state index in [0.717, 1.165) is 57.9 Å². The van der Waals surface area contributed by atoms with Gasteiger partial charge < -0.3 is 14.5 Å². The van der Waals surface area contributed by atoms with E-state index >= 15 is 0 Å². The number of fused-ring (bicyclic) bond motifs is 1. The van der Waals surface area contributed by atoms with Crippen LogP contribution in [0.4, 0.5) is 5.69 Å². The summed E-state index contributed by atoms with van der Waals surface area (Å²) in [5.41, 5.74) is 7.90. The molecule has 0 bridgehead atoms. The van der Waals surface area contributed by atoms with Gasteiger partial charge in [0, 0.05) is 69.7 Å². The van der Waals surface area contributed by atoms with Crippen molar-refractivity contribution in [1.82, 2.24) is 30.0 Å². The number of nitrogens with zero attached hydrogens (tertiary/aromatic N) is 6. The van der Waals surface area contributed by atoms with Crippen molar-refractivity contribution < 1.29 is 4.74 Å². The number of hydrogen-bond acceptors (Lipinski definition) is 7. The molecule has 192 valence electrons. The van der Waals surface area contributed by atoms with Gasteiger partial charge in [-0.2, -0.15) is 5.10 Å². The van der Waals surface area contributed by atoms with Gasteiger partial charge in [-0.3, -0.25) is 15.0 Å². The second kappa shape index (κ2) is 10.6. The maximum atomic E-state index is 5.31. The smallest absolute Gasteiger partial charge is 0.101 e. The topological polar surface area (TPSA) is 73.4 Å². The molecule has 5 heterocycles. The summed E-state index contributed by atoms with van der Waals surface area (Å²) in [4.78, 5) is 17.4. The summed E-state index contributed by atoms with van der Waals surface area (Å²) in [7, 11) is 3.93. The molecule has 4 aromatic rings. The average Bonchev–Trinajstić information content (AvgIpc) is 3.44. The lowest BCUT2D eigenvalue weighted by molar-refractivity contribution is 0.0982. The van der Waals surface area contributed by atoms with Crippen molar-refractivity contribution in [3.05, 3.63) is 60.4 Å². The third-order valence-electron chi connectivity index (χ3n) is 7.83. The number of piperidine rings is 1. The third kappa shape index (κ3) is 5.09. The molecule has 6 rings (SSSR count). The van der Waals surface area contributed by atoms with Crippen molar-refractivity contribution in [3.63, 3.8) is 0 Å². The van der Waals surface area contributed by atoms with Crippen LogP contribution in [-0.4, -0.2) is 89.4 Å². The van der Waals surface area contributed by atoms with E-state index in [1.54, 1.807) is 7.11 Å². The molecular weight excluding hydrogens is 462 g/mol. The summed E-state index contributed by atoms with van der Waals surface area (Å²) in [5.74, 6) is 0. The van der Waals surface area contributed by atoms with E-state index in [4.69, 9.17) is 14.7 Å². The van der Waals surface area contributed by atoms with Gasteiger partial charge in [-0.25, -0.2) is 4.98 Å². The van der Waals surface area contributed by atoms with Crippen LogP contribution in [0.1, 0.15) is 18.4 Å². The fraction of sp³-hybridized carbons (Fsp3) is 0.414. The monoisotopic (exact) mass is 497 g/mol. The van der Waals surface area contributed by atoms with Crippen molar-refractivity contribution in [2.45, 2.75) is 25.5 Å². The van der Waals surface area contributed by atoms with Crippen LogP contribution in [0.3, 0.4) is 0 Å². The molecule has 8 heteroatoms. The predicted molar refractivity (Wildman–Crippen MR) is 148 cm³/mol. The molecule has 1 aromatic carbocycles. The number of aromatic nitrogens is 4. The zero-order valence-electron chi connectivity index (χ0n) is 21.7. The molecule has 0 aliphatic carbocycles. The normalized spacial score (nSPS) is 18.1. The number of anilines is 1. The second-order valence-electron chi connectivity index (χ2n) is 10.3. The first kappa shape index (κ1) is 24.0. The van der Waals surface area contributed by atoms with E-state index in [1.807, 2.05) is 24.5 Å². The molecule has 2 fully saturated rings. The van der Waals surface area contributed by atoms with E-state index in [-0.39, 0.29) is 0 Å². The van der Waals surface area contributed by atoms with Crippen LogP contribution in [0.5, 0.6) is 0 Å². The highest BCUT2D eigenvalue weighted by molar-refractivity contribution is 5.84. The Kier molecular flexibility index (Phi) is 6.87. The van der Waals surface area contributed by atoms with Crippen molar-refractivity contribution in [2.24, 2.45) is 0 Å². The van der Waals surface area contributed by atoms with Crippen LogP contribution in [0.2, 0.25) is 0 Å². The number of methoxy groups -OCH3 is 1. The predicted octanol–water partition coefficient (Wildman–Crippen LogP) is 4.05. The van der Waals surface area contributed by atoms with Crippen molar-refractivity contribution >= 4 is 16.7 Å². The van der Waals surface area contributed by atoms with Crippen molar-refractivity contribution in [2.75, 3.05) is 58.3 Å². The number of rotatable bonds is 6. The summed E-state index contributed by atoms with van der Waals surface area (Å²) >= 11 is 0. The van der Waals surface area contributed by atoms with Crippen LogP contribution in [0, 0.1) is 0 Å². The fourth-order valence-corrected chi connectivity index (χ4v) is 5.68. The Hall–Kier alpha value is -3.33. The first-order chi connectivity index (χ1) is 18.2.